The van der Waals surface area contributed by atoms with E-state index < -0.39 is 15.9 Å². The maximum Gasteiger partial charge on any atom is 0.259 e. The first kappa shape index (κ1) is 20.5. The molecule has 2 rings (SSSR count). The van der Waals surface area contributed by atoms with Gasteiger partial charge < -0.3 is 15.1 Å². The fraction of sp³-hybridized carbons (Fsp3) is 0.353. The van der Waals surface area contributed by atoms with E-state index >= 15 is 0 Å². The minimum atomic E-state index is -3.62. The van der Waals surface area contributed by atoms with E-state index in [0.717, 1.165) is 0 Å². The third-order valence-electron chi connectivity index (χ3n) is 3.78. The molecule has 1 aromatic carbocycles. The van der Waals surface area contributed by atoms with Crippen molar-refractivity contribution in [3.05, 3.63) is 40.8 Å². The zero-order valence-electron chi connectivity index (χ0n) is 14.9. The molecule has 1 aromatic heterocycles. The van der Waals surface area contributed by atoms with Crippen molar-refractivity contribution in [2.45, 2.75) is 25.7 Å². The molecule has 0 aliphatic rings. The number of carbonyl (C=O) groups is 1. The zero-order chi connectivity index (χ0) is 19.3. The van der Waals surface area contributed by atoms with Crippen molar-refractivity contribution in [2.75, 3.05) is 30.3 Å². The lowest BCUT2D eigenvalue weighted by Gasteiger charge is -2.20. The predicted octanol–water partition coefficient (Wildman–Crippen LogP) is 3.76. The number of amides is 1. The Morgan fingerprint density at radius 2 is 1.85 bits per heavy atom. The summed E-state index contributed by atoms with van der Waals surface area (Å²) in [6.07, 6.45) is 1.32. The summed E-state index contributed by atoms with van der Waals surface area (Å²) >= 11 is 3.15. The van der Waals surface area contributed by atoms with E-state index in [-0.39, 0.29) is 4.90 Å². The van der Waals surface area contributed by atoms with E-state index in [2.05, 4.69) is 26.6 Å². The summed E-state index contributed by atoms with van der Waals surface area (Å²) < 4.78 is 32.4. The van der Waals surface area contributed by atoms with Gasteiger partial charge in [0.15, 0.2) is 4.67 Å². The highest BCUT2D eigenvalue weighted by Gasteiger charge is 2.23. The van der Waals surface area contributed by atoms with Crippen LogP contribution in [-0.4, -0.2) is 38.3 Å². The van der Waals surface area contributed by atoms with Crippen molar-refractivity contribution in [3.63, 3.8) is 0 Å². The minimum absolute atomic E-state index is 0.131. The molecule has 0 saturated carbocycles. The monoisotopic (exact) mass is 443 g/mol. The number of carbonyl (C=O) groups excluding carboxylic acids is 1. The first-order valence-corrected chi connectivity index (χ1v) is 10.5. The largest absolute Gasteiger partial charge is 0.457 e. The molecule has 0 atom stereocenters. The highest BCUT2D eigenvalue weighted by Crippen LogP contribution is 2.28. The highest BCUT2D eigenvalue weighted by molar-refractivity contribution is 9.10. The van der Waals surface area contributed by atoms with E-state index in [1.54, 1.807) is 26.0 Å². The van der Waals surface area contributed by atoms with Crippen LogP contribution in [0.3, 0.4) is 0 Å². The maximum atomic E-state index is 12.7. The number of anilines is 2. The van der Waals surface area contributed by atoms with E-state index in [1.807, 2.05) is 6.92 Å². The Hall–Kier alpha value is -1.84. The van der Waals surface area contributed by atoms with Gasteiger partial charge in [0, 0.05) is 25.7 Å². The van der Waals surface area contributed by atoms with Crippen molar-refractivity contribution in [1.29, 1.82) is 0 Å². The number of rotatable bonds is 8. The molecule has 0 fully saturated rings. The SMILES string of the molecule is CCNc1ccc(S(=O)(=O)N(CC)CC)cc1NC(=O)c1coc(Br)c1. The lowest BCUT2D eigenvalue weighted by molar-refractivity contribution is 0.102. The van der Waals surface area contributed by atoms with Crippen LogP contribution in [0, 0.1) is 0 Å². The summed E-state index contributed by atoms with van der Waals surface area (Å²) in [5.41, 5.74) is 1.36. The van der Waals surface area contributed by atoms with Gasteiger partial charge >= 0.3 is 0 Å². The van der Waals surface area contributed by atoms with Crippen LogP contribution in [0.1, 0.15) is 31.1 Å². The third-order valence-corrected chi connectivity index (χ3v) is 6.24. The maximum absolute atomic E-state index is 12.7. The highest BCUT2D eigenvalue weighted by atomic mass is 79.9. The summed E-state index contributed by atoms with van der Waals surface area (Å²) in [6.45, 7) is 6.86. The number of nitrogens with zero attached hydrogens (tertiary/aromatic N) is 1. The number of hydrogen-bond donors (Lipinski definition) is 2. The molecule has 0 saturated heterocycles. The molecular formula is C17H22BrN3O4S. The minimum Gasteiger partial charge on any atom is -0.457 e. The first-order valence-electron chi connectivity index (χ1n) is 8.26. The fourth-order valence-electron chi connectivity index (χ4n) is 2.47. The van der Waals surface area contributed by atoms with E-state index in [1.165, 1.54) is 22.7 Å². The molecule has 2 aromatic rings. The van der Waals surface area contributed by atoms with Gasteiger partial charge in [0.05, 0.1) is 21.8 Å². The molecule has 0 radical (unpaired) electrons. The Labute approximate surface area is 161 Å². The molecule has 0 unspecified atom stereocenters. The van der Waals surface area contributed by atoms with Gasteiger partial charge in [-0.3, -0.25) is 4.79 Å². The number of hydrogen-bond acceptors (Lipinski definition) is 5. The van der Waals surface area contributed by atoms with Crippen LogP contribution in [-0.2, 0) is 10.0 Å². The van der Waals surface area contributed by atoms with Gasteiger partial charge in [0.25, 0.3) is 5.91 Å². The standard InChI is InChI=1S/C17H22BrN3O4S/c1-4-19-14-8-7-13(26(23,24)21(5-2)6-3)10-15(14)20-17(22)12-9-16(18)25-11-12/h7-11,19H,4-6H2,1-3H3,(H,20,22). The number of benzene rings is 1. The topological polar surface area (TPSA) is 91.7 Å². The van der Waals surface area contributed by atoms with Crippen molar-refractivity contribution < 1.29 is 17.6 Å². The number of nitrogens with one attached hydrogen (secondary N) is 2. The number of furan rings is 1. The summed E-state index contributed by atoms with van der Waals surface area (Å²) in [7, 11) is -3.62. The summed E-state index contributed by atoms with van der Waals surface area (Å²) in [5, 5.41) is 5.87. The zero-order valence-corrected chi connectivity index (χ0v) is 17.3. The van der Waals surface area contributed by atoms with Gasteiger partial charge in [-0.05, 0) is 41.1 Å². The van der Waals surface area contributed by atoms with E-state index in [4.69, 9.17) is 4.42 Å². The van der Waals surface area contributed by atoms with Crippen molar-refractivity contribution >= 4 is 43.2 Å². The molecule has 0 aliphatic heterocycles. The molecule has 0 bridgehead atoms. The van der Waals surface area contributed by atoms with Crippen molar-refractivity contribution in [3.8, 4) is 0 Å². The Balaban J connectivity index is 2.41. The normalized spacial score (nSPS) is 11.6. The molecule has 1 amide bonds. The summed E-state index contributed by atoms with van der Waals surface area (Å²) in [5.74, 6) is -0.393. The van der Waals surface area contributed by atoms with Gasteiger partial charge in [-0.2, -0.15) is 4.31 Å². The van der Waals surface area contributed by atoms with Gasteiger partial charge in [-0.25, -0.2) is 8.42 Å². The molecule has 1 heterocycles. The molecule has 0 aliphatic carbocycles. The smallest absolute Gasteiger partial charge is 0.259 e. The van der Waals surface area contributed by atoms with Crippen molar-refractivity contribution in [1.82, 2.24) is 4.31 Å². The van der Waals surface area contributed by atoms with Gasteiger partial charge in [-0.15, -0.1) is 0 Å². The third kappa shape index (κ3) is 4.46. The molecule has 2 N–H and O–H groups in total. The van der Waals surface area contributed by atoms with Gasteiger partial charge in [-0.1, -0.05) is 13.8 Å². The molecule has 0 spiro atoms. The fourth-order valence-corrected chi connectivity index (χ4v) is 4.29. The second-order valence-corrected chi connectivity index (χ2v) is 8.14. The Morgan fingerprint density at radius 1 is 1.15 bits per heavy atom. The van der Waals surface area contributed by atoms with E-state index in [9.17, 15) is 13.2 Å². The van der Waals surface area contributed by atoms with Crippen LogP contribution in [0.4, 0.5) is 11.4 Å². The van der Waals surface area contributed by atoms with Crippen LogP contribution >= 0.6 is 15.9 Å². The summed E-state index contributed by atoms with van der Waals surface area (Å²) in [4.78, 5) is 12.5. The Morgan fingerprint density at radius 3 is 2.38 bits per heavy atom. The number of sulfonamides is 1. The van der Waals surface area contributed by atoms with Gasteiger partial charge in [0.2, 0.25) is 10.0 Å². The first-order chi connectivity index (χ1) is 12.3. The molecule has 142 valence electrons. The summed E-state index contributed by atoms with van der Waals surface area (Å²) in [6, 6.07) is 6.20. The lowest BCUT2D eigenvalue weighted by atomic mass is 10.2. The molecular weight excluding hydrogens is 422 g/mol. The Bertz CT molecular complexity index is 876. The second kappa shape index (κ2) is 8.70. The Kier molecular flexibility index (Phi) is 6.85. The van der Waals surface area contributed by atoms with Gasteiger partial charge in [0.1, 0.15) is 6.26 Å². The molecule has 26 heavy (non-hydrogen) atoms. The molecule has 9 heteroatoms. The average Bonchev–Trinajstić information content (AvgIpc) is 3.04. The average molecular weight is 444 g/mol. The van der Waals surface area contributed by atoms with Crippen LogP contribution in [0.25, 0.3) is 0 Å². The van der Waals surface area contributed by atoms with Crippen LogP contribution in [0.5, 0.6) is 0 Å². The lowest BCUT2D eigenvalue weighted by Crippen LogP contribution is -2.30. The predicted molar refractivity (Wildman–Crippen MR) is 105 cm³/mol. The number of halogens is 1. The second-order valence-electron chi connectivity index (χ2n) is 5.42. The van der Waals surface area contributed by atoms with E-state index in [0.29, 0.717) is 41.2 Å². The van der Waals surface area contributed by atoms with Crippen LogP contribution < -0.4 is 10.6 Å². The van der Waals surface area contributed by atoms with Crippen LogP contribution in [0.2, 0.25) is 0 Å². The van der Waals surface area contributed by atoms with Crippen molar-refractivity contribution in [2.24, 2.45) is 0 Å². The van der Waals surface area contributed by atoms with Crippen LogP contribution in [0.15, 0.2) is 44.5 Å². The molecule has 7 nitrogen and oxygen atoms in total. The quantitative estimate of drug-likeness (QED) is 0.647.